The van der Waals surface area contributed by atoms with Crippen molar-refractivity contribution in [2.24, 2.45) is 0 Å². The third-order valence-corrected chi connectivity index (χ3v) is 2.00. The van der Waals surface area contributed by atoms with Gasteiger partial charge < -0.3 is 9.47 Å². The standard InChI is InChI=1S/C10H12FNO4/c1-7(15-2)6-16-8-3-4-10(12(13)14)9(11)5-8/h3-5,7H,6H2,1-2H3. The zero-order valence-corrected chi connectivity index (χ0v) is 8.97. The maximum absolute atomic E-state index is 13.2. The van der Waals surface area contributed by atoms with Crippen molar-refractivity contribution >= 4 is 5.69 Å². The molecule has 0 amide bonds. The number of nitro groups is 1. The summed E-state index contributed by atoms with van der Waals surface area (Å²) in [6, 6.07) is 3.41. The SMILES string of the molecule is COC(C)COc1ccc([N+](=O)[O-])c(F)c1. The Hall–Kier alpha value is -1.69. The molecule has 1 aromatic carbocycles. The molecule has 5 nitrogen and oxygen atoms in total. The second kappa shape index (κ2) is 5.41. The third kappa shape index (κ3) is 3.16. The van der Waals surface area contributed by atoms with Gasteiger partial charge in [0.1, 0.15) is 12.4 Å². The van der Waals surface area contributed by atoms with Crippen LogP contribution in [0.15, 0.2) is 18.2 Å². The highest BCUT2D eigenvalue weighted by Crippen LogP contribution is 2.22. The average molecular weight is 229 g/mol. The van der Waals surface area contributed by atoms with Crippen LogP contribution in [0.1, 0.15) is 6.92 Å². The van der Waals surface area contributed by atoms with Crippen LogP contribution in [0, 0.1) is 15.9 Å². The van der Waals surface area contributed by atoms with Crippen molar-refractivity contribution in [3.8, 4) is 5.75 Å². The van der Waals surface area contributed by atoms with Gasteiger partial charge in [-0.15, -0.1) is 0 Å². The molecule has 0 saturated carbocycles. The predicted molar refractivity (Wildman–Crippen MR) is 55.0 cm³/mol. The molecule has 0 heterocycles. The Kier molecular flexibility index (Phi) is 4.19. The lowest BCUT2D eigenvalue weighted by Gasteiger charge is -2.11. The predicted octanol–water partition coefficient (Wildman–Crippen LogP) is 2.15. The van der Waals surface area contributed by atoms with Crippen LogP contribution in [0.3, 0.4) is 0 Å². The lowest BCUT2D eigenvalue weighted by Crippen LogP contribution is -2.15. The van der Waals surface area contributed by atoms with Gasteiger partial charge in [0.05, 0.1) is 11.0 Å². The van der Waals surface area contributed by atoms with Crippen LogP contribution in [0.5, 0.6) is 5.75 Å². The number of ether oxygens (including phenoxy) is 2. The van der Waals surface area contributed by atoms with Gasteiger partial charge in [0, 0.05) is 19.2 Å². The molecule has 0 aliphatic carbocycles. The van der Waals surface area contributed by atoms with E-state index in [0.29, 0.717) is 0 Å². The minimum atomic E-state index is -0.910. The van der Waals surface area contributed by atoms with Crippen molar-refractivity contribution in [1.29, 1.82) is 0 Å². The second-order valence-corrected chi connectivity index (χ2v) is 3.23. The smallest absolute Gasteiger partial charge is 0.305 e. The normalized spacial score (nSPS) is 12.2. The lowest BCUT2D eigenvalue weighted by molar-refractivity contribution is -0.387. The molecule has 0 radical (unpaired) electrons. The fraction of sp³-hybridized carbons (Fsp3) is 0.400. The van der Waals surface area contributed by atoms with E-state index in [1.807, 2.05) is 0 Å². The summed E-state index contributed by atoms with van der Waals surface area (Å²) in [4.78, 5) is 9.57. The van der Waals surface area contributed by atoms with Crippen LogP contribution in [0.2, 0.25) is 0 Å². The molecule has 16 heavy (non-hydrogen) atoms. The fourth-order valence-electron chi connectivity index (χ4n) is 1.01. The van der Waals surface area contributed by atoms with Gasteiger partial charge in [0.2, 0.25) is 5.82 Å². The summed E-state index contributed by atoms with van der Waals surface area (Å²) in [6.45, 7) is 2.05. The number of halogens is 1. The van der Waals surface area contributed by atoms with Gasteiger partial charge in [-0.1, -0.05) is 0 Å². The van der Waals surface area contributed by atoms with Crippen LogP contribution in [0.25, 0.3) is 0 Å². The highest BCUT2D eigenvalue weighted by Gasteiger charge is 2.14. The van der Waals surface area contributed by atoms with Crippen molar-refractivity contribution in [1.82, 2.24) is 0 Å². The molecule has 0 saturated heterocycles. The van der Waals surface area contributed by atoms with Crippen molar-refractivity contribution < 1.29 is 18.8 Å². The highest BCUT2D eigenvalue weighted by atomic mass is 19.1. The summed E-state index contributed by atoms with van der Waals surface area (Å²) in [5.74, 6) is -0.667. The molecule has 0 aliphatic heterocycles. The minimum Gasteiger partial charge on any atom is -0.491 e. The summed E-state index contributed by atoms with van der Waals surface area (Å²) in [6.07, 6.45) is -0.127. The molecule has 88 valence electrons. The van der Waals surface area contributed by atoms with E-state index in [0.717, 1.165) is 12.1 Å². The number of hydrogen-bond acceptors (Lipinski definition) is 4. The lowest BCUT2D eigenvalue weighted by atomic mass is 10.3. The van der Waals surface area contributed by atoms with E-state index in [9.17, 15) is 14.5 Å². The van der Waals surface area contributed by atoms with E-state index < -0.39 is 16.4 Å². The van der Waals surface area contributed by atoms with E-state index in [-0.39, 0.29) is 18.5 Å². The Balaban J connectivity index is 2.70. The van der Waals surface area contributed by atoms with Gasteiger partial charge >= 0.3 is 5.69 Å². The van der Waals surface area contributed by atoms with E-state index in [1.54, 1.807) is 6.92 Å². The first kappa shape index (κ1) is 12.4. The van der Waals surface area contributed by atoms with E-state index in [4.69, 9.17) is 9.47 Å². The summed E-state index contributed by atoms with van der Waals surface area (Å²) < 4.78 is 23.3. The van der Waals surface area contributed by atoms with Crippen molar-refractivity contribution in [2.75, 3.05) is 13.7 Å². The molecule has 6 heteroatoms. The maximum atomic E-state index is 13.2. The summed E-state index contributed by atoms with van der Waals surface area (Å²) >= 11 is 0. The van der Waals surface area contributed by atoms with Gasteiger partial charge in [0.25, 0.3) is 0 Å². The first-order valence-corrected chi connectivity index (χ1v) is 4.64. The zero-order chi connectivity index (χ0) is 12.1. The molecule has 1 unspecified atom stereocenters. The van der Waals surface area contributed by atoms with Gasteiger partial charge in [-0.25, -0.2) is 0 Å². The molecule has 1 aromatic rings. The van der Waals surface area contributed by atoms with E-state index in [2.05, 4.69) is 0 Å². The van der Waals surface area contributed by atoms with Crippen LogP contribution >= 0.6 is 0 Å². The number of hydrogen-bond donors (Lipinski definition) is 0. The van der Waals surface area contributed by atoms with Gasteiger partial charge in [-0.2, -0.15) is 4.39 Å². The Morgan fingerprint density at radius 1 is 1.56 bits per heavy atom. The summed E-state index contributed by atoms with van der Waals surface area (Å²) in [5.41, 5.74) is -0.563. The molecular weight excluding hydrogens is 217 g/mol. The molecule has 1 rings (SSSR count). The first-order valence-electron chi connectivity index (χ1n) is 4.64. The minimum absolute atomic E-state index is 0.127. The van der Waals surface area contributed by atoms with Crippen LogP contribution < -0.4 is 4.74 Å². The zero-order valence-electron chi connectivity index (χ0n) is 8.97. The molecule has 1 atom stereocenters. The Bertz CT molecular complexity index is 383. The molecule has 0 aromatic heterocycles. The first-order chi connectivity index (χ1) is 7.54. The molecular formula is C10H12FNO4. The molecule has 0 aliphatic rings. The highest BCUT2D eigenvalue weighted by molar-refractivity contribution is 5.37. The third-order valence-electron chi connectivity index (χ3n) is 2.00. The Morgan fingerprint density at radius 3 is 2.75 bits per heavy atom. The fourth-order valence-corrected chi connectivity index (χ4v) is 1.01. The maximum Gasteiger partial charge on any atom is 0.305 e. The number of rotatable bonds is 5. The monoisotopic (exact) mass is 229 g/mol. The summed E-state index contributed by atoms with van der Waals surface area (Å²) in [5, 5.41) is 10.4. The quantitative estimate of drug-likeness (QED) is 0.573. The molecule has 0 spiro atoms. The summed E-state index contributed by atoms with van der Waals surface area (Å²) in [7, 11) is 1.53. The number of methoxy groups -OCH3 is 1. The number of benzene rings is 1. The van der Waals surface area contributed by atoms with Gasteiger partial charge in [-0.3, -0.25) is 10.1 Å². The van der Waals surface area contributed by atoms with Gasteiger partial charge in [0.15, 0.2) is 0 Å². The number of nitro benzene ring substituents is 1. The van der Waals surface area contributed by atoms with Crippen LogP contribution in [-0.4, -0.2) is 24.7 Å². The molecule has 0 bridgehead atoms. The number of nitrogens with zero attached hydrogens (tertiary/aromatic N) is 1. The van der Waals surface area contributed by atoms with Crippen LogP contribution in [-0.2, 0) is 4.74 Å². The molecule has 0 N–H and O–H groups in total. The van der Waals surface area contributed by atoms with E-state index >= 15 is 0 Å². The van der Waals surface area contributed by atoms with E-state index in [1.165, 1.54) is 13.2 Å². The largest absolute Gasteiger partial charge is 0.491 e. The second-order valence-electron chi connectivity index (χ2n) is 3.23. The van der Waals surface area contributed by atoms with Crippen molar-refractivity contribution in [3.63, 3.8) is 0 Å². The topological polar surface area (TPSA) is 61.6 Å². The van der Waals surface area contributed by atoms with Crippen LogP contribution in [0.4, 0.5) is 10.1 Å². The Morgan fingerprint density at radius 2 is 2.25 bits per heavy atom. The van der Waals surface area contributed by atoms with Gasteiger partial charge in [-0.05, 0) is 13.0 Å². The Labute approximate surface area is 91.9 Å². The molecule has 0 fully saturated rings. The van der Waals surface area contributed by atoms with Crippen molar-refractivity contribution in [2.45, 2.75) is 13.0 Å². The average Bonchev–Trinajstić information content (AvgIpc) is 2.25. The van der Waals surface area contributed by atoms with Crippen molar-refractivity contribution in [3.05, 3.63) is 34.1 Å².